The van der Waals surface area contributed by atoms with Crippen LogP contribution < -0.4 is 10.4 Å². The van der Waals surface area contributed by atoms with Crippen LogP contribution in [0.25, 0.3) is 0 Å². The third-order valence-electron chi connectivity index (χ3n) is 2.89. The quantitative estimate of drug-likeness (QED) is 0.809. The van der Waals surface area contributed by atoms with Gasteiger partial charge in [-0.25, -0.2) is 4.39 Å². The van der Waals surface area contributed by atoms with E-state index in [9.17, 15) is 4.39 Å². The Bertz CT molecular complexity index is 548. The number of halogens is 1. The van der Waals surface area contributed by atoms with Gasteiger partial charge in [-0.1, -0.05) is 24.3 Å². The molecule has 0 saturated heterocycles. The van der Waals surface area contributed by atoms with E-state index in [-0.39, 0.29) is 5.46 Å². The summed E-state index contributed by atoms with van der Waals surface area (Å²) < 4.78 is 13.4. The van der Waals surface area contributed by atoms with Crippen molar-refractivity contribution < 1.29 is 14.4 Å². The molecule has 0 fully saturated rings. The van der Waals surface area contributed by atoms with Gasteiger partial charge in [0.15, 0.2) is 0 Å². The van der Waals surface area contributed by atoms with E-state index in [1.54, 1.807) is 6.07 Å². The molecule has 0 heterocycles. The van der Waals surface area contributed by atoms with Crippen LogP contribution >= 0.6 is 0 Å². The first-order valence-electron chi connectivity index (χ1n) is 5.98. The Balaban J connectivity index is 2.19. The first kappa shape index (κ1) is 13.6. The molecule has 0 unspecified atom stereocenters. The highest BCUT2D eigenvalue weighted by Gasteiger charge is 2.13. The van der Waals surface area contributed by atoms with E-state index in [4.69, 9.17) is 10.0 Å². The van der Waals surface area contributed by atoms with Crippen molar-refractivity contribution in [2.45, 2.75) is 6.54 Å². The summed E-state index contributed by atoms with van der Waals surface area (Å²) in [6, 6.07) is 13.8. The molecule has 0 aliphatic carbocycles. The van der Waals surface area contributed by atoms with E-state index >= 15 is 0 Å². The average Bonchev–Trinajstić information content (AvgIpc) is 2.39. The van der Waals surface area contributed by atoms with Crippen LogP contribution in [0.15, 0.2) is 48.5 Å². The number of rotatable bonds is 4. The Kier molecular flexibility index (Phi) is 4.19. The molecule has 0 aromatic heterocycles. The SMILES string of the molecule is CN(Cc1cc(F)cc(B(O)O)c1)c1ccccc1. The summed E-state index contributed by atoms with van der Waals surface area (Å²) in [7, 11) is 0.242. The summed E-state index contributed by atoms with van der Waals surface area (Å²) in [5, 5.41) is 18.2. The largest absolute Gasteiger partial charge is 0.488 e. The molecule has 19 heavy (non-hydrogen) atoms. The van der Waals surface area contributed by atoms with E-state index in [0.717, 1.165) is 11.8 Å². The first-order chi connectivity index (χ1) is 9.06. The predicted molar refractivity (Wildman–Crippen MR) is 74.8 cm³/mol. The third kappa shape index (κ3) is 3.56. The van der Waals surface area contributed by atoms with Crippen molar-refractivity contribution in [3.63, 3.8) is 0 Å². The molecule has 0 amide bonds. The van der Waals surface area contributed by atoms with Gasteiger partial charge >= 0.3 is 7.12 Å². The minimum atomic E-state index is -1.66. The number of benzene rings is 2. The highest BCUT2D eigenvalue weighted by atomic mass is 19.1. The van der Waals surface area contributed by atoms with Gasteiger partial charge < -0.3 is 14.9 Å². The second kappa shape index (κ2) is 5.86. The molecule has 2 aromatic rings. The second-order valence-electron chi connectivity index (χ2n) is 4.46. The molecule has 0 spiro atoms. The van der Waals surface area contributed by atoms with Crippen molar-refractivity contribution in [3.05, 3.63) is 59.9 Å². The van der Waals surface area contributed by atoms with Crippen LogP contribution in [-0.4, -0.2) is 24.2 Å². The number of hydrogen-bond donors (Lipinski definition) is 2. The predicted octanol–water partition coefficient (Wildman–Crippen LogP) is 1.14. The zero-order valence-electron chi connectivity index (χ0n) is 10.6. The van der Waals surface area contributed by atoms with Crippen LogP contribution in [0.5, 0.6) is 0 Å². The third-order valence-corrected chi connectivity index (χ3v) is 2.89. The number of para-hydroxylation sites is 1. The Morgan fingerprint density at radius 3 is 2.42 bits per heavy atom. The standard InChI is InChI=1S/C14H15BFNO2/c1-17(14-5-3-2-4-6-14)10-11-7-12(15(18)19)9-13(16)8-11/h2-9,18-19H,10H2,1H3. The Morgan fingerprint density at radius 2 is 1.79 bits per heavy atom. The number of anilines is 1. The molecular formula is C14H15BFNO2. The molecule has 2 N–H and O–H groups in total. The normalized spacial score (nSPS) is 10.3. The summed E-state index contributed by atoms with van der Waals surface area (Å²) in [6.07, 6.45) is 0. The van der Waals surface area contributed by atoms with E-state index in [1.165, 1.54) is 6.07 Å². The van der Waals surface area contributed by atoms with Crippen LogP contribution in [0, 0.1) is 5.82 Å². The Hall–Kier alpha value is -1.85. The minimum absolute atomic E-state index is 0.163. The molecule has 0 aliphatic rings. The van der Waals surface area contributed by atoms with Crippen molar-refractivity contribution in [3.8, 4) is 0 Å². The summed E-state index contributed by atoms with van der Waals surface area (Å²) >= 11 is 0. The van der Waals surface area contributed by atoms with Gasteiger partial charge in [0.25, 0.3) is 0 Å². The van der Waals surface area contributed by atoms with Gasteiger partial charge in [-0.15, -0.1) is 0 Å². The zero-order chi connectivity index (χ0) is 13.8. The van der Waals surface area contributed by atoms with Gasteiger partial charge in [0.05, 0.1) is 0 Å². The van der Waals surface area contributed by atoms with Gasteiger partial charge in [-0.3, -0.25) is 0 Å². The van der Waals surface area contributed by atoms with Gasteiger partial charge in [0.1, 0.15) is 5.82 Å². The van der Waals surface area contributed by atoms with E-state index < -0.39 is 12.9 Å². The molecule has 0 saturated carbocycles. The molecular weight excluding hydrogens is 244 g/mol. The molecule has 0 aliphatic heterocycles. The molecule has 3 nitrogen and oxygen atoms in total. The fraction of sp³-hybridized carbons (Fsp3) is 0.143. The molecule has 2 rings (SSSR count). The lowest BCUT2D eigenvalue weighted by atomic mass is 9.79. The lowest BCUT2D eigenvalue weighted by Crippen LogP contribution is -2.31. The molecule has 0 atom stereocenters. The van der Waals surface area contributed by atoms with Crippen molar-refractivity contribution in [2.75, 3.05) is 11.9 Å². The lowest BCUT2D eigenvalue weighted by molar-refractivity contribution is 0.425. The van der Waals surface area contributed by atoms with Crippen molar-refractivity contribution in [2.24, 2.45) is 0 Å². The van der Waals surface area contributed by atoms with E-state index in [1.807, 2.05) is 42.3 Å². The molecule has 98 valence electrons. The van der Waals surface area contributed by atoms with E-state index in [2.05, 4.69) is 0 Å². The van der Waals surface area contributed by atoms with Gasteiger partial charge in [0, 0.05) is 19.3 Å². The van der Waals surface area contributed by atoms with Crippen LogP contribution in [-0.2, 0) is 6.54 Å². The zero-order valence-corrected chi connectivity index (χ0v) is 10.6. The van der Waals surface area contributed by atoms with Gasteiger partial charge in [-0.05, 0) is 35.3 Å². The Morgan fingerprint density at radius 1 is 1.11 bits per heavy atom. The number of hydrogen-bond acceptors (Lipinski definition) is 3. The van der Waals surface area contributed by atoms with Crippen LogP contribution in [0.4, 0.5) is 10.1 Å². The minimum Gasteiger partial charge on any atom is -0.423 e. The van der Waals surface area contributed by atoms with Crippen molar-refractivity contribution in [1.29, 1.82) is 0 Å². The smallest absolute Gasteiger partial charge is 0.423 e. The van der Waals surface area contributed by atoms with Crippen molar-refractivity contribution in [1.82, 2.24) is 0 Å². The molecule has 0 bridgehead atoms. The summed E-state index contributed by atoms with van der Waals surface area (Å²) in [6.45, 7) is 0.488. The maximum Gasteiger partial charge on any atom is 0.488 e. The first-order valence-corrected chi connectivity index (χ1v) is 5.98. The van der Waals surface area contributed by atoms with Crippen LogP contribution in [0.1, 0.15) is 5.56 Å². The number of nitrogens with zero attached hydrogens (tertiary/aromatic N) is 1. The van der Waals surface area contributed by atoms with Gasteiger partial charge in [-0.2, -0.15) is 0 Å². The van der Waals surface area contributed by atoms with Gasteiger partial charge in [0.2, 0.25) is 0 Å². The molecule has 2 aromatic carbocycles. The highest BCUT2D eigenvalue weighted by molar-refractivity contribution is 6.58. The molecule has 5 heteroatoms. The Labute approximate surface area is 112 Å². The summed E-state index contributed by atoms with van der Waals surface area (Å²) in [5.41, 5.74) is 1.86. The fourth-order valence-corrected chi connectivity index (χ4v) is 1.96. The molecule has 0 radical (unpaired) electrons. The van der Waals surface area contributed by atoms with Crippen LogP contribution in [0.2, 0.25) is 0 Å². The monoisotopic (exact) mass is 259 g/mol. The maximum atomic E-state index is 13.4. The van der Waals surface area contributed by atoms with Crippen molar-refractivity contribution >= 4 is 18.3 Å². The summed E-state index contributed by atoms with van der Waals surface area (Å²) in [5.74, 6) is -0.470. The fourth-order valence-electron chi connectivity index (χ4n) is 1.96. The topological polar surface area (TPSA) is 43.7 Å². The summed E-state index contributed by atoms with van der Waals surface area (Å²) in [4.78, 5) is 1.96. The second-order valence-corrected chi connectivity index (χ2v) is 4.46. The lowest BCUT2D eigenvalue weighted by Gasteiger charge is -2.19. The highest BCUT2D eigenvalue weighted by Crippen LogP contribution is 2.14. The van der Waals surface area contributed by atoms with E-state index in [0.29, 0.717) is 12.1 Å². The maximum absolute atomic E-state index is 13.4. The van der Waals surface area contributed by atoms with Crippen LogP contribution in [0.3, 0.4) is 0 Å². The average molecular weight is 259 g/mol.